The summed E-state index contributed by atoms with van der Waals surface area (Å²) in [6.45, 7) is 0. The zero-order valence-electron chi connectivity index (χ0n) is 72.7. The SMILES string of the molecule is [Pt+2].[Pt+2].[Pt].[c-]1c2ccc3c4ccccc4n(c4ccc5c(n4)c4nc(ccc4CCCC5)n4c5[c-]c6c(cc5c5ccccc54)c4ccccc4n26)c13.[c-]1c2cccc1-[n+]1ccc([n-]1)CCCCc1ccc(nc1)-n1c3[c-]c4c(cc3c3ccccc31)c1ccccc1n4-2.[c-]1c2cccc1n1c3[c-]c4c(cc3c3ccccc31)c1ccccc1n4c1ccc3c(n1)c1nc2ccc1CCCC3. The van der Waals surface area contributed by atoms with Crippen LogP contribution in [0.3, 0.4) is 0 Å². The normalized spacial score (nSPS) is 13.4. The Labute approximate surface area is 815 Å². The van der Waals surface area contributed by atoms with E-state index in [4.69, 9.17) is 30.0 Å². The molecule has 0 fully saturated rings. The average Bonchev–Trinajstić information content (AvgIpc) is 1.54. The van der Waals surface area contributed by atoms with Crippen LogP contribution in [0.2, 0.25) is 0 Å². The Kier molecular flexibility index (Phi) is 19.2. The second-order valence-electron chi connectivity index (χ2n) is 36.0. The van der Waals surface area contributed by atoms with Crippen LogP contribution in [0, 0.1) is 36.4 Å². The number of para-hydroxylation sites is 7. The molecule has 2 aliphatic carbocycles. The van der Waals surface area contributed by atoms with Crippen LogP contribution < -0.4 is 9.78 Å². The molecule has 0 saturated heterocycles. The Hall–Kier alpha value is -14.5. The summed E-state index contributed by atoms with van der Waals surface area (Å²) in [5, 5.41) is 22.5. The molecule has 14 nitrogen and oxygen atoms in total. The van der Waals surface area contributed by atoms with Crippen LogP contribution in [-0.4, -0.2) is 56.1 Å². The fraction of sp³-hybridized carbons (Fsp3) is 0.102. The molecule has 24 bridgehead atoms. The number of hydrogen-bond acceptors (Lipinski definition) is 5. The Morgan fingerprint density at radius 1 is 0.281 bits per heavy atom. The van der Waals surface area contributed by atoms with Gasteiger partial charge in [0.2, 0.25) is 0 Å². The molecule has 0 spiro atoms. The second-order valence-corrected chi connectivity index (χ2v) is 36.0. The zero-order chi connectivity index (χ0) is 86.1. The summed E-state index contributed by atoms with van der Waals surface area (Å²) in [4.78, 5) is 26.8. The molecule has 4 aliphatic rings. The molecule has 135 heavy (non-hydrogen) atoms. The first kappa shape index (κ1) is 81.3. The maximum atomic E-state index is 5.54. The van der Waals surface area contributed by atoms with E-state index in [0.29, 0.717) is 0 Å². The second kappa shape index (κ2) is 31.9. The Bertz CT molecular complexity index is 10000. The van der Waals surface area contributed by atoms with Crippen molar-refractivity contribution in [1.82, 2.24) is 61.2 Å². The van der Waals surface area contributed by atoms with Crippen molar-refractivity contribution in [3.63, 3.8) is 0 Å². The Morgan fingerprint density at radius 3 is 1.19 bits per heavy atom. The third-order valence-corrected chi connectivity index (χ3v) is 28.5. The quantitative estimate of drug-likeness (QED) is 0.110. The fourth-order valence-electron chi connectivity index (χ4n) is 22.4. The topological polar surface area (TPSA) is 114 Å². The third kappa shape index (κ3) is 12.5. The molecular weight excluding hydrogens is 2200 g/mol. The van der Waals surface area contributed by atoms with E-state index in [1.807, 2.05) is 17.1 Å². The fourth-order valence-corrected chi connectivity index (χ4v) is 22.4. The minimum Gasteiger partial charge on any atom is -0.410 e. The number of fused-ring (bicyclic) bond motifs is 37. The summed E-state index contributed by atoms with van der Waals surface area (Å²) in [5.74, 6) is 0.911. The van der Waals surface area contributed by atoms with E-state index < -0.39 is 0 Å². The number of aryl methyl sites for hydroxylation is 6. The predicted octanol–water partition coefficient (Wildman–Crippen LogP) is 26.3. The summed E-state index contributed by atoms with van der Waals surface area (Å²) in [7, 11) is 0. The molecule has 13 aromatic carbocycles. The number of pyridine rings is 5. The van der Waals surface area contributed by atoms with Crippen molar-refractivity contribution in [3.8, 4) is 17.2 Å². The van der Waals surface area contributed by atoms with Crippen LogP contribution in [0.4, 0.5) is 0 Å². The molecule has 0 amide bonds. The van der Waals surface area contributed by atoms with Gasteiger partial charge in [0.25, 0.3) is 0 Å². The first-order valence-electron chi connectivity index (χ1n) is 46.1. The number of benzene rings is 13. The molecule has 0 saturated carbocycles. The zero-order valence-corrected chi connectivity index (χ0v) is 79.5. The van der Waals surface area contributed by atoms with Crippen LogP contribution in [0.5, 0.6) is 0 Å². The Morgan fingerprint density at radius 2 is 0.681 bits per heavy atom. The van der Waals surface area contributed by atoms with Gasteiger partial charge in [-0.3, -0.25) is 9.67 Å². The van der Waals surface area contributed by atoms with Crippen LogP contribution >= 0.6 is 0 Å². The molecule has 0 radical (unpaired) electrons. The molecule has 17 heteroatoms. The predicted molar refractivity (Wildman–Crippen MR) is 535 cm³/mol. The molecule has 2 aliphatic heterocycles. The van der Waals surface area contributed by atoms with Gasteiger partial charge in [0.05, 0.1) is 27.8 Å². The van der Waals surface area contributed by atoms with Gasteiger partial charge in [-0.2, -0.15) is 30.3 Å². The van der Waals surface area contributed by atoms with E-state index in [1.165, 1.54) is 97.8 Å². The average molecular weight is 2280 g/mol. The van der Waals surface area contributed by atoms with Crippen molar-refractivity contribution in [2.24, 2.45) is 0 Å². The van der Waals surface area contributed by atoms with Gasteiger partial charge in [-0.15, -0.1) is 116 Å². The van der Waals surface area contributed by atoms with Gasteiger partial charge in [-0.1, -0.05) is 226 Å². The minimum absolute atomic E-state index is 0. The largest absolute Gasteiger partial charge is 2.00 e. The maximum absolute atomic E-state index is 5.54. The number of aromatic nitrogens is 14. The van der Waals surface area contributed by atoms with Crippen LogP contribution in [-0.2, 0) is 102 Å². The molecule has 32 rings (SSSR count). The number of hydrogen-bond donors (Lipinski definition) is 0. The molecule has 0 atom stereocenters. The number of rotatable bonds is 0. The van der Waals surface area contributed by atoms with Crippen molar-refractivity contribution in [2.45, 2.75) is 77.0 Å². The van der Waals surface area contributed by atoms with E-state index in [1.54, 1.807) is 0 Å². The van der Waals surface area contributed by atoms with Gasteiger partial charge < -0.3 is 36.2 Å². The van der Waals surface area contributed by atoms with Gasteiger partial charge in [0, 0.05) is 65.9 Å². The van der Waals surface area contributed by atoms with E-state index in [2.05, 4.69) is 371 Å². The maximum Gasteiger partial charge on any atom is 2.00 e. The van der Waals surface area contributed by atoms with Crippen molar-refractivity contribution in [2.75, 3.05) is 0 Å². The summed E-state index contributed by atoms with van der Waals surface area (Å²) in [6.07, 6.45) is 16.8. The van der Waals surface area contributed by atoms with Gasteiger partial charge in [-0.05, 0) is 220 Å². The molecule has 650 valence electrons. The Balaban J connectivity index is 0.000000105. The number of nitrogens with zero attached hydrogens (tertiary/aromatic N) is 14. The molecule has 15 aromatic heterocycles. The molecule has 0 unspecified atom stereocenters. The van der Waals surface area contributed by atoms with Crippen molar-refractivity contribution in [1.29, 1.82) is 0 Å². The summed E-state index contributed by atoms with van der Waals surface area (Å²) in [5.41, 5.74) is 33.9. The standard InChI is InChI=1S/C44H27N5.C38H24N4.C36H25N5.3Pt/c1-2-10-27-18-22-42-46-44(27)43-26(9-1)17-21-41(45-43)48-36-15-7-3-11-29(36)32-20-19-28(23-38(32)48)47-35-14-6-4-12-30(35)33-24-34-31-13-5-8-16-37(31)49(42)40(34)25-39(33)47;1-2-9-24-17-19-36-40-38(24)37-23(8-1)16-18-31(39-37)25-10-7-11-26(20-25)41-32-14-5-3-12-27(32)29-21-30-28-13-4-6-15-33(28)42(36)35(30)22-34(29)41;1-2-9-25-18-19-39(38-25)26-10-7-11-27(20-26)40-32-14-5-3-12-28(32)30-21-31-29-13-4-6-15-33(29)41(35(31)22-34(30)40)36-17-16-24(8-1)23-37-36;;;/h3-8,11-22,24H,1-2,9-10H2;3-7,10-19,21H,1-2,8-9H2;3-7,10-19,21,23H,1-2,8-9H2;;;/q3*-2;;2*+2. The first-order chi connectivity index (χ1) is 65.4. The summed E-state index contributed by atoms with van der Waals surface area (Å²) >= 11 is 0. The third-order valence-electron chi connectivity index (χ3n) is 28.5. The molecule has 17 heterocycles. The van der Waals surface area contributed by atoms with E-state index in [9.17, 15) is 0 Å². The molecule has 0 N–H and O–H groups in total. The summed E-state index contributed by atoms with van der Waals surface area (Å²) in [6, 6.07) is 132. The molecule has 28 aromatic rings. The molecular formula is C118H76N14Pt3-2. The van der Waals surface area contributed by atoms with Gasteiger partial charge >= 0.3 is 42.1 Å². The van der Waals surface area contributed by atoms with Crippen molar-refractivity contribution >= 4 is 214 Å². The van der Waals surface area contributed by atoms with E-state index in [-0.39, 0.29) is 63.2 Å². The van der Waals surface area contributed by atoms with Crippen LogP contribution in [0.15, 0.2) is 316 Å². The monoisotopic (exact) mass is 2270 g/mol. The summed E-state index contributed by atoms with van der Waals surface area (Å²) < 4.78 is 18.0. The van der Waals surface area contributed by atoms with E-state index >= 15 is 0 Å². The van der Waals surface area contributed by atoms with Gasteiger partial charge in [0.1, 0.15) is 22.8 Å². The van der Waals surface area contributed by atoms with Gasteiger partial charge in [-0.25, -0.2) is 19.9 Å². The van der Waals surface area contributed by atoms with Crippen molar-refractivity contribution in [3.05, 3.63) is 386 Å². The van der Waals surface area contributed by atoms with Gasteiger partial charge in [0.15, 0.2) is 6.20 Å². The minimum atomic E-state index is 0. The van der Waals surface area contributed by atoms with Crippen LogP contribution in [0.25, 0.3) is 231 Å². The van der Waals surface area contributed by atoms with E-state index in [0.717, 1.165) is 244 Å². The van der Waals surface area contributed by atoms with Crippen LogP contribution in [0.1, 0.15) is 72.0 Å². The first-order valence-corrected chi connectivity index (χ1v) is 46.1. The van der Waals surface area contributed by atoms with Crippen molar-refractivity contribution < 1.29 is 67.9 Å². The smallest absolute Gasteiger partial charge is 0.410 e.